The minimum atomic E-state index is -0.0813. The first-order valence-electron chi connectivity index (χ1n) is 8.71. The molecule has 0 aromatic heterocycles. The summed E-state index contributed by atoms with van der Waals surface area (Å²) in [6.07, 6.45) is 8.83. The zero-order chi connectivity index (χ0) is 14.8. The summed E-state index contributed by atoms with van der Waals surface area (Å²) in [7, 11) is 0. The predicted octanol–water partition coefficient (Wildman–Crippen LogP) is 3.03. The van der Waals surface area contributed by atoms with Crippen LogP contribution in [-0.2, 0) is 0 Å². The third kappa shape index (κ3) is 7.61. The highest BCUT2D eigenvalue weighted by Gasteiger charge is 2.24. The van der Waals surface area contributed by atoms with Crippen molar-refractivity contribution < 1.29 is 5.11 Å². The molecule has 1 saturated carbocycles. The van der Waals surface area contributed by atoms with Crippen LogP contribution in [0.15, 0.2) is 0 Å². The zero-order valence-corrected chi connectivity index (χ0v) is 14.0. The molecule has 1 aliphatic rings. The van der Waals surface area contributed by atoms with E-state index in [2.05, 4.69) is 31.0 Å². The molecule has 3 heteroatoms. The Hall–Kier alpha value is -0.120. The van der Waals surface area contributed by atoms with Gasteiger partial charge in [-0.25, -0.2) is 0 Å². The molecule has 1 fully saturated rings. The van der Waals surface area contributed by atoms with Crippen LogP contribution in [0.5, 0.6) is 0 Å². The van der Waals surface area contributed by atoms with E-state index in [1.54, 1.807) is 0 Å². The first-order chi connectivity index (χ1) is 9.63. The number of aliphatic hydroxyl groups is 1. The molecule has 0 spiro atoms. The largest absolute Gasteiger partial charge is 0.394 e. The van der Waals surface area contributed by atoms with Gasteiger partial charge in [-0.3, -0.25) is 0 Å². The maximum absolute atomic E-state index is 9.56. The lowest BCUT2D eigenvalue weighted by molar-refractivity contribution is 0.160. The topological polar surface area (TPSA) is 35.5 Å². The summed E-state index contributed by atoms with van der Waals surface area (Å²) in [6, 6.07) is 0. The van der Waals surface area contributed by atoms with Crippen LogP contribution in [0.3, 0.4) is 0 Å². The van der Waals surface area contributed by atoms with Gasteiger partial charge in [0.25, 0.3) is 0 Å². The molecular weight excluding hydrogens is 248 g/mol. The van der Waals surface area contributed by atoms with E-state index in [9.17, 15) is 5.11 Å². The van der Waals surface area contributed by atoms with Gasteiger partial charge < -0.3 is 15.3 Å². The number of nitrogens with one attached hydrogen (secondary N) is 1. The van der Waals surface area contributed by atoms with Crippen LogP contribution in [0.4, 0.5) is 0 Å². The highest BCUT2D eigenvalue weighted by molar-refractivity contribution is 4.82. The molecule has 0 heterocycles. The van der Waals surface area contributed by atoms with Crippen LogP contribution in [0.25, 0.3) is 0 Å². The van der Waals surface area contributed by atoms with Crippen molar-refractivity contribution in [3.63, 3.8) is 0 Å². The lowest BCUT2D eigenvalue weighted by Gasteiger charge is -2.29. The van der Waals surface area contributed by atoms with Crippen LogP contribution < -0.4 is 5.32 Å². The Labute approximate surface area is 126 Å². The summed E-state index contributed by atoms with van der Waals surface area (Å²) < 4.78 is 0. The second-order valence-electron chi connectivity index (χ2n) is 6.85. The predicted molar refractivity (Wildman–Crippen MR) is 87.1 cm³/mol. The van der Waals surface area contributed by atoms with Crippen LogP contribution in [-0.4, -0.2) is 48.3 Å². The molecule has 0 saturated heterocycles. The summed E-state index contributed by atoms with van der Waals surface area (Å²) >= 11 is 0. The van der Waals surface area contributed by atoms with Crippen molar-refractivity contribution in [3.8, 4) is 0 Å². The Morgan fingerprint density at radius 2 is 1.90 bits per heavy atom. The molecule has 0 aromatic carbocycles. The highest BCUT2D eigenvalue weighted by atomic mass is 16.3. The Morgan fingerprint density at radius 3 is 2.45 bits per heavy atom. The lowest BCUT2D eigenvalue weighted by atomic mass is 9.95. The molecule has 120 valence electrons. The quantitative estimate of drug-likeness (QED) is 0.510. The summed E-state index contributed by atoms with van der Waals surface area (Å²) in [5.41, 5.74) is -0.0813. The van der Waals surface area contributed by atoms with Crippen molar-refractivity contribution >= 4 is 0 Å². The van der Waals surface area contributed by atoms with E-state index in [1.807, 2.05) is 0 Å². The summed E-state index contributed by atoms with van der Waals surface area (Å²) in [6.45, 7) is 11.6. The maximum atomic E-state index is 9.56. The molecule has 0 radical (unpaired) electrons. The van der Waals surface area contributed by atoms with E-state index in [0.717, 1.165) is 25.3 Å². The smallest absolute Gasteiger partial charge is 0.0610 e. The maximum Gasteiger partial charge on any atom is 0.0610 e. The Kier molecular flexibility index (Phi) is 8.74. The van der Waals surface area contributed by atoms with Crippen molar-refractivity contribution in [1.82, 2.24) is 10.2 Å². The fraction of sp³-hybridized carbons (Fsp3) is 1.00. The molecule has 0 aromatic rings. The van der Waals surface area contributed by atoms with Crippen LogP contribution in [0.1, 0.15) is 65.7 Å². The SMILES string of the molecule is CCCNC(C)(CO)CCCCN(CCC)CC1CC1. The van der Waals surface area contributed by atoms with E-state index >= 15 is 0 Å². The van der Waals surface area contributed by atoms with Gasteiger partial charge in [0.15, 0.2) is 0 Å². The molecule has 0 bridgehead atoms. The van der Waals surface area contributed by atoms with E-state index < -0.39 is 0 Å². The van der Waals surface area contributed by atoms with Gasteiger partial charge in [-0.05, 0) is 71.0 Å². The zero-order valence-electron chi connectivity index (χ0n) is 14.0. The first kappa shape index (κ1) is 17.9. The number of nitrogens with zero attached hydrogens (tertiary/aromatic N) is 1. The van der Waals surface area contributed by atoms with Gasteiger partial charge in [0.1, 0.15) is 0 Å². The molecule has 3 nitrogen and oxygen atoms in total. The third-order valence-electron chi connectivity index (χ3n) is 4.36. The van der Waals surface area contributed by atoms with E-state index in [-0.39, 0.29) is 12.1 Å². The lowest BCUT2D eigenvalue weighted by Crippen LogP contribution is -2.46. The van der Waals surface area contributed by atoms with Gasteiger partial charge in [0, 0.05) is 12.1 Å². The second kappa shape index (κ2) is 9.75. The van der Waals surface area contributed by atoms with Crippen molar-refractivity contribution in [2.75, 3.05) is 32.8 Å². The molecule has 0 aliphatic heterocycles. The van der Waals surface area contributed by atoms with Crippen molar-refractivity contribution in [1.29, 1.82) is 0 Å². The van der Waals surface area contributed by atoms with Crippen LogP contribution in [0.2, 0.25) is 0 Å². The monoisotopic (exact) mass is 284 g/mol. The second-order valence-corrected chi connectivity index (χ2v) is 6.85. The highest BCUT2D eigenvalue weighted by Crippen LogP contribution is 2.29. The van der Waals surface area contributed by atoms with E-state index in [4.69, 9.17) is 0 Å². The van der Waals surface area contributed by atoms with Gasteiger partial charge in [0.2, 0.25) is 0 Å². The Morgan fingerprint density at radius 1 is 1.15 bits per heavy atom. The van der Waals surface area contributed by atoms with Gasteiger partial charge >= 0.3 is 0 Å². The summed E-state index contributed by atoms with van der Waals surface area (Å²) in [5.74, 6) is 0.996. The molecular formula is C17H36N2O. The Bertz CT molecular complexity index is 243. The molecule has 1 unspecified atom stereocenters. The molecule has 1 rings (SSSR count). The van der Waals surface area contributed by atoms with Crippen LogP contribution in [0, 0.1) is 5.92 Å². The number of rotatable bonds is 13. The van der Waals surface area contributed by atoms with Crippen molar-refractivity contribution in [2.24, 2.45) is 5.92 Å². The molecule has 20 heavy (non-hydrogen) atoms. The molecule has 0 amide bonds. The average molecular weight is 284 g/mol. The Balaban J connectivity index is 2.16. The normalized spacial score (nSPS) is 18.4. The number of unbranched alkanes of at least 4 members (excludes halogenated alkanes) is 1. The van der Waals surface area contributed by atoms with Crippen molar-refractivity contribution in [2.45, 2.75) is 71.3 Å². The standard InChI is InChI=1S/C17H36N2O/c1-4-11-18-17(3,15-20)10-6-7-13-19(12-5-2)14-16-8-9-16/h16,18,20H,4-15H2,1-3H3. The average Bonchev–Trinajstić information content (AvgIpc) is 3.25. The fourth-order valence-electron chi connectivity index (χ4n) is 2.78. The fourth-order valence-corrected chi connectivity index (χ4v) is 2.78. The number of hydrogen-bond acceptors (Lipinski definition) is 3. The van der Waals surface area contributed by atoms with E-state index in [1.165, 1.54) is 51.7 Å². The van der Waals surface area contributed by atoms with Crippen LogP contribution >= 0.6 is 0 Å². The number of aliphatic hydroxyl groups excluding tert-OH is 1. The number of hydrogen-bond donors (Lipinski definition) is 2. The summed E-state index contributed by atoms with van der Waals surface area (Å²) in [4.78, 5) is 2.65. The minimum absolute atomic E-state index is 0.0813. The van der Waals surface area contributed by atoms with Gasteiger partial charge in [0.05, 0.1) is 6.61 Å². The molecule has 1 aliphatic carbocycles. The van der Waals surface area contributed by atoms with Crippen molar-refractivity contribution in [3.05, 3.63) is 0 Å². The molecule has 1 atom stereocenters. The van der Waals surface area contributed by atoms with Gasteiger partial charge in [-0.15, -0.1) is 0 Å². The first-order valence-corrected chi connectivity index (χ1v) is 8.71. The van der Waals surface area contributed by atoms with Gasteiger partial charge in [-0.2, -0.15) is 0 Å². The minimum Gasteiger partial charge on any atom is -0.394 e. The summed E-state index contributed by atoms with van der Waals surface area (Å²) in [5, 5.41) is 13.0. The van der Waals surface area contributed by atoms with E-state index in [0.29, 0.717) is 0 Å². The molecule has 2 N–H and O–H groups in total. The van der Waals surface area contributed by atoms with Gasteiger partial charge in [-0.1, -0.05) is 20.3 Å². The third-order valence-corrected chi connectivity index (χ3v) is 4.36.